The van der Waals surface area contributed by atoms with Crippen LogP contribution in [0.4, 0.5) is 0 Å². The zero-order chi connectivity index (χ0) is 19.2. The molecule has 1 amide bonds. The Morgan fingerprint density at radius 2 is 1.70 bits per heavy atom. The van der Waals surface area contributed by atoms with Crippen LogP contribution in [0, 0.1) is 13.8 Å². The van der Waals surface area contributed by atoms with Gasteiger partial charge in [-0.25, -0.2) is 0 Å². The van der Waals surface area contributed by atoms with E-state index in [-0.39, 0.29) is 11.7 Å². The van der Waals surface area contributed by atoms with Crippen LogP contribution in [-0.2, 0) is 4.79 Å². The lowest BCUT2D eigenvalue weighted by atomic mass is 10.1. The fraction of sp³-hybridized carbons (Fsp3) is 0.190. The zero-order valence-corrected chi connectivity index (χ0v) is 16.3. The SMILES string of the molecule is C=CCNC(=O)CSc1nnc(-c2ccc(C)cc2)n1-c1ccc(C)cc1. The lowest BCUT2D eigenvalue weighted by molar-refractivity contribution is -0.118. The molecular formula is C21H22N4OS. The monoisotopic (exact) mass is 378 g/mol. The standard InChI is InChI=1S/C21H22N4OS/c1-4-13-22-19(26)14-27-21-24-23-20(17-9-5-15(2)6-10-17)25(21)18-11-7-16(3)8-12-18/h4-12H,1,13-14H2,2-3H3,(H,22,26). The first-order valence-corrected chi connectivity index (χ1v) is 9.67. The quantitative estimate of drug-likeness (QED) is 0.500. The predicted octanol–water partition coefficient (Wildman–Crippen LogP) is 3.95. The molecule has 0 fully saturated rings. The minimum absolute atomic E-state index is 0.0600. The molecule has 1 heterocycles. The van der Waals surface area contributed by atoms with E-state index in [0.29, 0.717) is 11.7 Å². The van der Waals surface area contributed by atoms with E-state index in [4.69, 9.17) is 0 Å². The number of aromatic nitrogens is 3. The summed E-state index contributed by atoms with van der Waals surface area (Å²) in [6, 6.07) is 16.4. The molecule has 0 aliphatic rings. The molecule has 0 radical (unpaired) electrons. The Hall–Kier alpha value is -2.86. The first-order valence-electron chi connectivity index (χ1n) is 8.68. The van der Waals surface area contributed by atoms with Gasteiger partial charge in [-0.3, -0.25) is 9.36 Å². The average molecular weight is 379 g/mol. The molecule has 1 N–H and O–H groups in total. The van der Waals surface area contributed by atoms with Crippen LogP contribution in [0.15, 0.2) is 66.3 Å². The van der Waals surface area contributed by atoms with Crippen LogP contribution in [-0.4, -0.2) is 33.0 Å². The first-order chi connectivity index (χ1) is 13.1. The molecule has 6 heteroatoms. The Balaban J connectivity index is 1.95. The number of thioether (sulfide) groups is 1. The summed E-state index contributed by atoms with van der Waals surface area (Å²) in [5.74, 6) is 0.967. The second kappa shape index (κ2) is 8.68. The number of amides is 1. The van der Waals surface area contributed by atoms with Crippen molar-refractivity contribution in [1.82, 2.24) is 20.1 Å². The second-order valence-corrected chi connectivity index (χ2v) is 7.17. The van der Waals surface area contributed by atoms with Gasteiger partial charge in [-0.15, -0.1) is 16.8 Å². The number of hydrogen-bond acceptors (Lipinski definition) is 4. The van der Waals surface area contributed by atoms with Gasteiger partial charge in [0.1, 0.15) is 0 Å². The topological polar surface area (TPSA) is 59.8 Å². The number of hydrogen-bond donors (Lipinski definition) is 1. The van der Waals surface area contributed by atoms with Crippen LogP contribution in [0.25, 0.3) is 17.1 Å². The van der Waals surface area contributed by atoms with Gasteiger partial charge < -0.3 is 5.32 Å². The first kappa shape index (κ1) is 18.9. The summed E-state index contributed by atoms with van der Waals surface area (Å²) in [5.41, 5.74) is 4.32. The van der Waals surface area contributed by atoms with Crippen molar-refractivity contribution in [3.63, 3.8) is 0 Å². The minimum atomic E-state index is -0.0600. The van der Waals surface area contributed by atoms with Crippen LogP contribution in [0.1, 0.15) is 11.1 Å². The highest BCUT2D eigenvalue weighted by atomic mass is 32.2. The van der Waals surface area contributed by atoms with Gasteiger partial charge >= 0.3 is 0 Å². The number of nitrogens with zero attached hydrogens (tertiary/aromatic N) is 3. The third-order valence-corrected chi connectivity index (χ3v) is 4.94. The molecule has 0 saturated carbocycles. The van der Waals surface area contributed by atoms with Gasteiger partial charge in [-0.05, 0) is 26.0 Å². The Morgan fingerprint density at radius 1 is 1.07 bits per heavy atom. The zero-order valence-electron chi connectivity index (χ0n) is 15.5. The summed E-state index contributed by atoms with van der Waals surface area (Å²) in [7, 11) is 0. The second-order valence-electron chi connectivity index (χ2n) is 6.22. The summed E-state index contributed by atoms with van der Waals surface area (Å²) in [6.45, 7) is 8.17. The highest BCUT2D eigenvalue weighted by Gasteiger charge is 2.17. The number of carbonyl (C=O) groups excluding carboxylic acids is 1. The maximum atomic E-state index is 11.9. The number of rotatable bonds is 7. The highest BCUT2D eigenvalue weighted by molar-refractivity contribution is 7.99. The average Bonchev–Trinajstić information content (AvgIpc) is 3.10. The Bertz CT molecular complexity index is 930. The third kappa shape index (κ3) is 4.65. The summed E-state index contributed by atoms with van der Waals surface area (Å²) >= 11 is 1.37. The van der Waals surface area contributed by atoms with Crippen LogP contribution >= 0.6 is 11.8 Å². The molecule has 2 aromatic carbocycles. The van der Waals surface area contributed by atoms with Gasteiger partial charge in [0.25, 0.3) is 0 Å². The maximum Gasteiger partial charge on any atom is 0.230 e. The van der Waals surface area contributed by atoms with Crippen molar-refractivity contribution >= 4 is 17.7 Å². The summed E-state index contributed by atoms with van der Waals surface area (Å²) in [4.78, 5) is 11.9. The molecule has 0 spiro atoms. The molecule has 0 aliphatic carbocycles. The van der Waals surface area contributed by atoms with E-state index in [1.54, 1.807) is 6.08 Å². The van der Waals surface area contributed by atoms with Crippen molar-refractivity contribution in [2.45, 2.75) is 19.0 Å². The number of nitrogens with one attached hydrogen (secondary N) is 1. The molecule has 0 saturated heterocycles. The maximum absolute atomic E-state index is 11.9. The third-order valence-electron chi connectivity index (χ3n) is 4.01. The number of benzene rings is 2. The lowest BCUT2D eigenvalue weighted by Crippen LogP contribution is -2.25. The Kier molecular flexibility index (Phi) is 6.08. The highest BCUT2D eigenvalue weighted by Crippen LogP contribution is 2.28. The normalized spacial score (nSPS) is 10.6. The fourth-order valence-electron chi connectivity index (χ4n) is 2.55. The van der Waals surface area contributed by atoms with Crippen LogP contribution in [0.3, 0.4) is 0 Å². The van der Waals surface area contributed by atoms with Crippen molar-refractivity contribution in [3.05, 3.63) is 72.3 Å². The summed E-state index contributed by atoms with van der Waals surface area (Å²) in [6.07, 6.45) is 1.66. The van der Waals surface area contributed by atoms with E-state index in [1.165, 1.54) is 22.9 Å². The van der Waals surface area contributed by atoms with Crippen molar-refractivity contribution in [2.24, 2.45) is 0 Å². The van der Waals surface area contributed by atoms with Crippen molar-refractivity contribution < 1.29 is 4.79 Å². The molecule has 0 atom stereocenters. The molecule has 5 nitrogen and oxygen atoms in total. The number of aryl methyl sites for hydroxylation is 2. The Labute approximate surface area is 163 Å². The largest absolute Gasteiger partial charge is 0.352 e. The Morgan fingerprint density at radius 3 is 2.33 bits per heavy atom. The van der Waals surface area contributed by atoms with E-state index >= 15 is 0 Å². The van der Waals surface area contributed by atoms with E-state index < -0.39 is 0 Å². The summed E-state index contributed by atoms with van der Waals surface area (Å²) in [5, 5.41) is 12.2. The molecule has 27 heavy (non-hydrogen) atoms. The minimum Gasteiger partial charge on any atom is -0.352 e. The number of carbonyl (C=O) groups is 1. The van der Waals surface area contributed by atoms with Crippen LogP contribution in [0.5, 0.6) is 0 Å². The van der Waals surface area contributed by atoms with Gasteiger partial charge in [-0.1, -0.05) is 65.4 Å². The van der Waals surface area contributed by atoms with Gasteiger partial charge in [0.05, 0.1) is 5.75 Å². The summed E-state index contributed by atoms with van der Waals surface area (Å²) < 4.78 is 2.00. The van der Waals surface area contributed by atoms with Crippen molar-refractivity contribution in [3.8, 4) is 17.1 Å². The van der Waals surface area contributed by atoms with E-state index in [0.717, 1.165) is 17.1 Å². The van der Waals surface area contributed by atoms with Crippen molar-refractivity contribution in [2.75, 3.05) is 12.3 Å². The molecule has 0 bridgehead atoms. The predicted molar refractivity (Wildman–Crippen MR) is 110 cm³/mol. The molecule has 3 rings (SSSR count). The van der Waals surface area contributed by atoms with E-state index in [9.17, 15) is 4.79 Å². The van der Waals surface area contributed by atoms with Crippen molar-refractivity contribution in [1.29, 1.82) is 0 Å². The smallest absolute Gasteiger partial charge is 0.230 e. The lowest BCUT2D eigenvalue weighted by Gasteiger charge is -2.11. The van der Waals surface area contributed by atoms with Crippen LogP contribution < -0.4 is 5.32 Å². The van der Waals surface area contributed by atoms with Gasteiger partial charge in [0, 0.05) is 17.8 Å². The fourth-order valence-corrected chi connectivity index (χ4v) is 3.33. The molecular weight excluding hydrogens is 356 g/mol. The molecule has 0 unspecified atom stereocenters. The van der Waals surface area contributed by atoms with E-state index in [1.807, 2.05) is 28.8 Å². The van der Waals surface area contributed by atoms with Gasteiger partial charge in [0.2, 0.25) is 5.91 Å². The van der Waals surface area contributed by atoms with Gasteiger partial charge in [0.15, 0.2) is 11.0 Å². The van der Waals surface area contributed by atoms with Gasteiger partial charge in [-0.2, -0.15) is 0 Å². The van der Waals surface area contributed by atoms with Crippen LogP contribution in [0.2, 0.25) is 0 Å². The van der Waals surface area contributed by atoms with E-state index in [2.05, 4.69) is 60.2 Å². The molecule has 3 aromatic rings. The molecule has 0 aliphatic heterocycles. The molecule has 138 valence electrons. The molecule has 1 aromatic heterocycles.